The molecule has 2 rings (SSSR count). The van der Waals surface area contributed by atoms with Crippen molar-refractivity contribution >= 4 is 29.4 Å². The van der Waals surface area contributed by atoms with Crippen molar-refractivity contribution in [3.05, 3.63) is 34.9 Å². The molecule has 1 aromatic rings. The van der Waals surface area contributed by atoms with Gasteiger partial charge in [0.15, 0.2) is 0 Å². The van der Waals surface area contributed by atoms with Crippen LogP contribution >= 0.6 is 11.6 Å². The van der Waals surface area contributed by atoms with Crippen LogP contribution in [0.1, 0.15) is 18.9 Å². The van der Waals surface area contributed by atoms with Crippen LogP contribution < -0.4 is 10.6 Å². The van der Waals surface area contributed by atoms with E-state index in [1.165, 1.54) is 0 Å². The second-order valence-corrected chi connectivity index (χ2v) is 5.92. The lowest BCUT2D eigenvalue weighted by Gasteiger charge is -2.25. The molecule has 6 nitrogen and oxygen atoms in total. The molecule has 0 saturated carbocycles. The molecular formula is C15H15ClF3N3O3. The van der Waals surface area contributed by atoms with Crippen molar-refractivity contribution in [2.75, 3.05) is 13.1 Å². The predicted molar refractivity (Wildman–Crippen MR) is 82.7 cm³/mol. The first-order valence-electron chi connectivity index (χ1n) is 7.32. The minimum atomic E-state index is -4.58. The minimum Gasteiger partial charge on any atom is -0.345 e. The molecule has 1 saturated heterocycles. The van der Waals surface area contributed by atoms with Gasteiger partial charge in [0.25, 0.3) is 5.91 Å². The number of amides is 4. The number of hydrogen-bond acceptors (Lipinski definition) is 3. The van der Waals surface area contributed by atoms with E-state index in [4.69, 9.17) is 11.6 Å². The van der Waals surface area contributed by atoms with Gasteiger partial charge in [-0.1, -0.05) is 30.7 Å². The number of rotatable bonds is 5. The van der Waals surface area contributed by atoms with Gasteiger partial charge in [0.1, 0.15) is 18.6 Å². The van der Waals surface area contributed by atoms with Crippen molar-refractivity contribution in [2.24, 2.45) is 0 Å². The topological polar surface area (TPSA) is 78.5 Å². The van der Waals surface area contributed by atoms with Gasteiger partial charge in [-0.2, -0.15) is 13.2 Å². The van der Waals surface area contributed by atoms with Gasteiger partial charge in [-0.25, -0.2) is 4.79 Å². The molecule has 0 radical (unpaired) electrons. The zero-order valence-electron chi connectivity index (χ0n) is 13.1. The number of benzene rings is 1. The summed E-state index contributed by atoms with van der Waals surface area (Å²) in [6, 6.07) is 5.39. The van der Waals surface area contributed by atoms with E-state index in [9.17, 15) is 27.6 Å². The first-order valence-corrected chi connectivity index (χ1v) is 7.70. The quantitative estimate of drug-likeness (QED) is 0.772. The van der Waals surface area contributed by atoms with Crippen molar-refractivity contribution in [2.45, 2.75) is 25.1 Å². The minimum absolute atomic E-state index is 0.194. The molecule has 1 fully saturated rings. The van der Waals surface area contributed by atoms with E-state index < -0.39 is 42.7 Å². The summed E-state index contributed by atoms with van der Waals surface area (Å²) < 4.78 is 36.4. The fraction of sp³-hybridized carbons (Fsp3) is 0.400. The van der Waals surface area contributed by atoms with Crippen LogP contribution in [-0.4, -0.2) is 42.0 Å². The second kappa shape index (κ2) is 6.91. The average molecular weight is 378 g/mol. The number of carbonyl (C=O) groups is 3. The summed E-state index contributed by atoms with van der Waals surface area (Å²) in [4.78, 5) is 37.0. The predicted octanol–water partition coefficient (Wildman–Crippen LogP) is 2.18. The van der Waals surface area contributed by atoms with Gasteiger partial charge in [-0.3, -0.25) is 14.5 Å². The van der Waals surface area contributed by atoms with Crippen LogP contribution in [0, 0.1) is 0 Å². The molecule has 10 heteroatoms. The Morgan fingerprint density at radius 2 is 1.88 bits per heavy atom. The molecule has 1 aliphatic heterocycles. The molecule has 25 heavy (non-hydrogen) atoms. The van der Waals surface area contributed by atoms with E-state index in [1.807, 2.05) is 0 Å². The zero-order chi connectivity index (χ0) is 18.8. The van der Waals surface area contributed by atoms with E-state index in [1.54, 1.807) is 36.5 Å². The molecule has 1 atom stereocenters. The SMILES string of the molecule is CCC1(c2ccc(Cl)cc2)NC(=O)N(CC(=O)NCC(F)(F)F)C1=O. The summed E-state index contributed by atoms with van der Waals surface area (Å²) in [5.74, 6) is -1.78. The van der Waals surface area contributed by atoms with Gasteiger partial charge in [0.2, 0.25) is 5.91 Å². The van der Waals surface area contributed by atoms with Crippen molar-refractivity contribution < 1.29 is 27.6 Å². The third-order valence-corrected chi connectivity index (χ3v) is 4.08. The second-order valence-electron chi connectivity index (χ2n) is 5.48. The van der Waals surface area contributed by atoms with E-state index in [0.717, 1.165) is 0 Å². The highest BCUT2D eigenvalue weighted by Gasteiger charge is 2.51. The highest BCUT2D eigenvalue weighted by Crippen LogP contribution is 2.33. The zero-order valence-corrected chi connectivity index (χ0v) is 13.9. The van der Waals surface area contributed by atoms with Crippen molar-refractivity contribution in [1.82, 2.24) is 15.5 Å². The average Bonchev–Trinajstić information content (AvgIpc) is 2.78. The summed E-state index contributed by atoms with van der Waals surface area (Å²) in [7, 11) is 0. The Labute approximate surface area is 146 Å². The first-order chi connectivity index (χ1) is 11.6. The molecule has 0 aliphatic carbocycles. The molecule has 0 spiro atoms. The smallest absolute Gasteiger partial charge is 0.345 e. The van der Waals surface area contributed by atoms with Crippen LogP contribution in [0.25, 0.3) is 0 Å². The van der Waals surface area contributed by atoms with Gasteiger partial charge < -0.3 is 10.6 Å². The number of carbonyl (C=O) groups excluding carboxylic acids is 3. The fourth-order valence-corrected chi connectivity index (χ4v) is 2.67. The van der Waals surface area contributed by atoms with Crippen LogP contribution in [0.15, 0.2) is 24.3 Å². The van der Waals surface area contributed by atoms with Crippen molar-refractivity contribution in [1.29, 1.82) is 0 Å². The lowest BCUT2D eigenvalue weighted by Crippen LogP contribution is -2.45. The summed E-state index contributed by atoms with van der Waals surface area (Å²) in [6.45, 7) is -0.665. The van der Waals surface area contributed by atoms with E-state index in [2.05, 4.69) is 5.32 Å². The third kappa shape index (κ3) is 4.04. The van der Waals surface area contributed by atoms with Crippen molar-refractivity contribution in [3.8, 4) is 0 Å². The number of halogens is 4. The number of alkyl halides is 3. The van der Waals surface area contributed by atoms with E-state index >= 15 is 0 Å². The van der Waals surface area contributed by atoms with Gasteiger partial charge >= 0.3 is 12.2 Å². The van der Waals surface area contributed by atoms with Gasteiger partial charge in [-0.15, -0.1) is 0 Å². The van der Waals surface area contributed by atoms with Crippen molar-refractivity contribution in [3.63, 3.8) is 0 Å². The Morgan fingerprint density at radius 1 is 1.28 bits per heavy atom. The molecule has 1 heterocycles. The van der Waals surface area contributed by atoms with Crippen LogP contribution in [0.2, 0.25) is 5.02 Å². The molecule has 2 N–H and O–H groups in total. The number of nitrogens with one attached hydrogen (secondary N) is 2. The van der Waals surface area contributed by atoms with E-state index in [-0.39, 0.29) is 6.42 Å². The number of nitrogens with zero attached hydrogens (tertiary/aromatic N) is 1. The summed E-state index contributed by atoms with van der Waals surface area (Å²) in [5, 5.41) is 4.59. The number of urea groups is 1. The van der Waals surface area contributed by atoms with Crippen LogP contribution in [-0.2, 0) is 15.1 Å². The Balaban J connectivity index is 2.17. The monoisotopic (exact) mass is 377 g/mol. The molecule has 1 unspecified atom stereocenters. The molecular weight excluding hydrogens is 363 g/mol. The van der Waals surface area contributed by atoms with Gasteiger partial charge in [0, 0.05) is 5.02 Å². The van der Waals surface area contributed by atoms with E-state index in [0.29, 0.717) is 15.5 Å². The number of hydrogen-bond donors (Lipinski definition) is 2. The number of imide groups is 1. The Morgan fingerprint density at radius 3 is 2.40 bits per heavy atom. The summed E-state index contributed by atoms with van der Waals surface area (Å²) in [5.41, 5.74) is -0.914. The van der Waals surface area contributed by atoms with Gasteiger partial charge in [-0.05, 0) is 24.1 Å². The fourth-order valence-electron chi connectivity index (χ4n) is 2.54. The normalized spacial score (nSPS) is 20.6. The van der Waals surface area contributed by atoms with Crippen LogP contribution in [0.5, 0.6) is 0 Å². The molecule has 4 amide bonds. The van der Waals surface area contributed by atoms with Crippen LogP contribution in [0.3, 0.4) is 0 Å². The summed E-state index contributed by atoms with van der Waals surface area (Å²) >= 11 is 5.81. The molecule has 1 aromatic carbocycles. The molecule has 136 valence electrons. The standard InChI is InChI=1S/C15H15ClF3N3O3/c1-2-14(9-3-5-10(16)6-4-9)12(24)22(13(25)21-14)7-11(23)20-8-15(17,18)19/h3-6H,2,7-8H2,1H3,(H,20,23)(H,21,25). The highest BCUT2D eigenvalue weighted by atomic mass is 35.5. The molecule has 0 aromatic heterocycles. The molecule has 0 bridgehead atoms. The maximum atomic E-state index is 12.7. The van der Waals surface area contributed by atoms with Gasteiger partial charge in [0.05, 0.1) is 0 Å². The maximum Gasteiger partial charge on any atom is 0.405 e. The Bertz CT molecular complexity index is 694. The summed E-state index contributed by atoms with van der Waals surface area (Å²) in [6.07, 6.45) is -4.39. The highest BCUT2D eigenvalue weighted by molar-refractivity contribution is 6.30. The molecule has 1 aliphatic rings. The third-order valence-electron chi connectivity index (χ3n) is 3.83. The first kappa shape index (κ1) is 19.0. The largest absolute Gasteiger partial charge is 0.405 e. The maximum absolute atomic E-state index is 12.7. The van der Waals surface area contributed by atoms with Crippen LogP contribution in [0.4, 0.5) is 18.0 Å². The lowest BCUT2D eigenvalue weighted by atomic mass is 9.87. The Hall–Kier alpha value is -2.29. The lowest BCUT2D eigenvalue weighted by molar-refractivity contribution is -0.141. The Kier molecular flexibility index (Phi) is 5.26.